The van der Waals surface area contributed by atoms with Crippen LogP contribution in [0.15, 0.2) is 6.07 Å². The molecule has 1 heterocycles. The summed E-state index contributed by atoms with van der Waals surface area (Å²) in [6.07, 6.45) is 5.31. The Bertz CT molecular complexity index is 499. The molecule has 0 unspecified atom stereocenters. The van der Waals surface area contributed by atoms with Crippen molar-refractivity contribution in [2.75, 3.05) is 11.9 Å². The maximum Gasteiger partial charge on any atom is 0.144 e. The van der Waals surface area contributed by atoms with E-state index in [1.54, 1.807) is 0 Å². The van der Waals surface area contributed by atoms with E-state index in [9.17, 15) is 10.4 Å². The van der Waals surface area contributed by atoms with Gasteiger partial charge in [0.05, 0.1) is 17.7 Å². The van der Waals surface area contributed by atoms with Crippen LogP contribution in [0.5, 0.6) is 0 Å². The van der Waals surface area contributed by atoms with Gasteiger partial charge in [-0.3, -0.25) is 0 Å². The summed E-state index contributed by atoms with van der Waals surface area (Å²) in [6, 6.07) is 4.13. The first kappa shape index (κ1) is 13.8. The van der Waals surface area contributed by atoms with Crippen molar-refractivity contribution >= 4 is 5.82 Å². The first-order valence-corrected chi connectivity index (χ1v) is 6.88. The molecule has 0 amide bonds. The van der Waals surface area contributed by atoms with E-state index in [1.165, 1.54) is 6.42 Å². The molecule has 1 aromatic rings. The summed E-state index contributed by atoms with van der Waals surface area (Å²) >= 11 is 0. The Hall–Kier alpha value is -1.60. The lowest BCUT2D eigenvalue weighted by molar-refractivity contribution is 0.172. The molecule has 1 aromatic heterocycles. The van der Waals surface area contributed by atoms with Gasteiger partial charge < -0.3 is 10.4 Å². The van der Waals surface area contributed by atoms with Crippen molar-refractivity contribution in [2.45, 2.75) is 51.5 Å². The third-order valence-electron chi connectivity index (χ3n) is 3.95. The summed E-state index contributed by atoms with van der Waals surface area (Å²) in [7, 11) is 0. The monoisotopic (exact) mass is 259 g/mol. The minimum atomic E-state index is -0.308. The van der Waals surface area contributed by atoms with Gasteiger partial charge in [0.1, 0.15) is 11.9 Å². The molecular formula is C15H21N3O. The van der Waals surface area contributed by atoms with E-state index < -0.39 is 0 Å². The van der Waals surface area contributed by atoms with Gasteiger partial charge >= 0.3 is 0 Å². The average Bonchev–Trinajstić information content (AvgIpc) is 2.39. The Morgan fingerprint density at radius 1 is 1.37 bits per heavy atom. The van der Waals surface area contributed by atoms with Crippen LogP contribution in [0.1, 0.15) is 48.9 Å². The van der Waals surface area contributed by atoms with Crippen molar-refractivity contribution < 1.29 is 5.11 Å². The second kappa shape index (κ2) is 5.58. The maximum absolute atomic E-state index is 9.73. The predicted molar refractivity (Wildman–Crippen MR) is 75.0 cm³/mol. The van der Waals surface area contributed by atoms with E-state index >= 15 is 0 Å². The fraction of sp³-hybridized carbons (Fsp3) is 0.600. The van der Waals surface area contributed by atoms with Gasteiger partial charge in [0.15, 0.2) is 0 Å². The van der Waals surface area contributed by atoms with E-state index in [0.29, 0.717) is 11.4 Å². The zero-order valence-corrected chi connectivity index (χ0v) is 11.7. The van der Waals surface area contributed by atoms with Crippen molar-refractivity contribution in [3.63, 3.8) is 0 Å². The van der Waals surface area contributed by atoms with Gasteiger partial charge in [0, 0.05) is 5.69 Å². The van der Waals surface area contributed by atoms with Crippen molar-refractivity contribution in [3.8, 4) is 6.07 Å². The van der Waals surface area contributed by atoms with Gasteiger partial charge in [-0.1, -0.05) is 19.3 Å². The zero-order chi connectivity index (χ0) is 13.9. The number of anilines is 1. The summed E-state index contributed by atoms with van der Waals surface area (Å²) in [6.45, 7) is 3.93. The zero-order valence-electron chi connectivity index (χ0n) is 11.7. The molecule has 4 nitrogen and oxygen atoms in total. The van der Waals surface area contributed by atoms with Gasteiger partial charge in [-0.25, -0.2) is 4.98 Å². The van der Waals surface area contributed by atoms with Crippen molar-refractivity contribution in [2.24, 2.45) is 0 Å². The molecule has 1 aliphatic rings. The predicted octanol–water partition coefficient (Wildman–Crippen LogP) is 2.68. The first-order chi connectivity index (χ1) is 9.10. The summed E-state index contributed by atoms with van der Waals surface area (Å²) in [5.41, 5.74) is 2.10. The lowest BCUT2D eigenvalue weighted by Crippen LogP contribution is -2.44. The minimum Gasteiger partial charge on any atom is -0.394 e. The number of rotatable bonds is 3. The van der Waals surface area contributed by atoms with E-state index in [-0.39, 0.29) is 12.1 Å². The topological polar surface area (TPSA) is 68.9 Å². The van der Waals surface area contributed by atoms with Crippen LogP contribution in [0, 0.1) is 25.2 Å². The molecule has 19 heavy (non-hydrogen) atoms. The maximum atomic E-state index is 9.73. The molecule has 1 saturated carbocycles. The molecule has 0 aromatic carbocycles. The standard InChI is InChI=1S/C15H21N3O/c1-11-8-12(2)17-14(13(11)9-16)18-15(10-19)6-4-3-5-7-15/h8,19H,3-7,10H2,1-2H3,(H,17,18). The summed E-state index contributed by atoms with van der Waals surface area (Å²) in [4.78, 5) is 4.45. The highest BCUT2D eigenvalue weighted by Crippen LogP contribution is 2.32. The number of nitriles is 1. The number of aromatic nitrogens is 1. The second-order valence-electron chi connectivity index (χ2n) is 5.54. The number of aryl methyl sites for hydroxylation is 2. The number of aliphatic hydroxyl groups excluding tert-OH is 1. The summed E-state index contributed by atoms with van der Waals surface area (Å²) < 4.78 is 0. The Morgan fingerprint density at radius 3 is 2.63 bits per heavy atom. The number of nitrogens with zero attached hydrogens (tertiary/aromatic N) is 2. The Balaban J connectivity index is 2.34. The highest BCUT2D eigenvalue weighted by atomic mass is 16.3. The molecule has 0 atom stereocenters. The van der Waals surface area contributed by atoms with Gasteiger partial charge in [-0.05, 0) is 38.3 Å². The number of hydrogen-bond donors (Lipinski definition) is 2. The molecular weight excluding hydrogens is 238 g/mol. The third kappa shape index (κ3) is 2.87. The highest BCUT2D eigenvalue weighted by Gasteiger charge is 2.32. The lowest BCUT2D eigenvalue weighted by atomic mass is 9.82. The largest absolute Gasteiger partial charge is 0.394 e. The van der Waals surface area contributed by atoms with E-state index in [4.69, 9.17) is 0 Å². The number of pyridine rings is 1. The normalized spacial score (nSPS) is 17.8. The SMILES string of the molecule is Cc1cc(C)c(C#N)c(NC2(CO)CCCCC2)n1. The molecule has 0 aliphatic heterocycles. The quantitative estimate of drug-likeness (QED) is 0.875. The molecule has 2 rings (SSSR count). The average molecular weight is 259 g/mol. The molecule has 4 heteroatoms. The number of hydrogen-bond acceptors (Lipinski definition) is 4. The fourth-order valence-electron chi connectivity index (χ4n) is 2.87. The Labute approximate surface area is 114 Å². The third-order valence-corrected chi connectivity index (χ3v) is 3.95. The highest BCUT2D eigenvalue weighted by molar-refractivity contribution is 5.57. The van der Waals surface area contributed by atoms with Gasteiger partial charge in [-0.2, -0.15) is 5.26 Å². The Morgan fingerprint density at radius 2 is 2.05 bits per heavy atom. The molecule has 1 aliphatic carbocycles. The van der Waals surface area contributed by atoms with Crippen LogP contribution in [-0.4, -0.2) is 22.2 Å². The minimum absolute atomic E-state index is 0.0898. The molecule has 102 valence electrons. The summed E-state index contributed by atoms with van der Waals surface area (Å²) in [5, 5.41) is 22.4. The first-order valence-electron chi connectivity index (χ1n) is 6.88. The number of aliphatic hydroxyl groups is 1. The van der Waals surface area contributed by atoms with E-state index in [0.717, 1.165) is 36.9 Å². The van der Waals surface area contributed by atoms with Crippen molar-refractivity contribution in [1.29, 1.82) is 5.26 Å². The molecule has 0 radical (unpaired) electrons. The summed E-state index contributed by atoms with van der Waals surface area (Å²) in [5.74, 6) is 0.621. The molecule has 2 N–H and O–H groups in total. The van der Waals surface area contributed by atoms with Crippen molar-refractivity contribution in [3.05, 3.63) is 22.9 Å². The van der Waals surface area contributed by atoms with Crippen LogP contribution in [0.4, 0.5) is 5.82 Å². The lowest BCUT2D eigenvalue weighted by Gasteiger charge is -2.37. The Kier molecular flexibility index (Phi) is 4.06. The molecule has 0 bridgehead atoms. The van der Waals surface area contributed by atoms with Crippen LogP contribution in [-0.2, 0) is 0 Å². The fourth-order valence-corrected chi connectivity index (χ4v) is 2.87. The smallest absolute Gasteiger partial charge is 0.144 e. The van der Waals surface area contributed by atoms with Gasteiger partial charge in [0.25, 0.3) is 0 Å². The second-order valence-corrected chi connectivity index (χ2v) is 5.54. The van der Waals surface area contributed by atoms with Crippen LogP contribution in [0.2, 0.25) is 0 Å². The van der Waals surface area contributed by atoms with Crippen LogP contribution in [0.25, 0.3) is 0 Å². The van der Waals surface area contributed by atoms with E-state index in [1.807, 2.05) is 19.9 Å². The van der Waals surface area contributed by atoms with Crippen LogP contribution >= 0.6 is 0 Å². The number of nitrogens with one attached hydrogen (secondary N) is 1. The van der Waals surface area contributed by atoms with Crippen LogP contribution < -0.4 is 5.32 Å². The molecule has 1 fully saturated rings. The van der Waals surface area contributed by atoms with Gasteiger partial charge in [-0.15, -0.1) is 0 Å². The van der Waals surface area contributed by atoms with E-state index in [2.05, 4.69) is 16.4 Å². The van der Waals surface area contributed by atoms with Crippen LogP contribution in [0.3, 0.4) is 0 Å². The van der Waals surface area contributed by atoms with Gasteiger partial charge in [0.2, 0.25) is 0 Å². The molecule has 0 spiro atoms. The van der Waals surface area contributed by atoms with Crippen molar-refractivity contribution in [1.82, 2.24) is 4.98 Å². The molecule has 0 saturated heterocycles.